The number of imidazole rings is 1. The predicted molar refractivity (Wildman–Crippen MR) is 99.1 cm³/mol. The Morgan fingerprint density at radius 2 is 1.96 bits per heavy atom. The van der Waals surface area contributed by atoms with E-state index in [2.05, 4.69) is 15.2 Å². The van der Waals surface area contributed by atoms with Crippen molar-refractivity contribution in [1.82, 2.24) is 24.7 Å². The van der Waals surface area contributed by atoms with E-state index in [0.29, 0.717) is 15.9 Å². The number of hydrogen-bond donors (Lipinski definition) is 1. The summed E-state index contributed by atoms with van der Waals surface area (Å²) in [5, 5.41) is 8.12. The van der Waals surface area contributed by atoms with Crippen LogP contribution in [0.2, 0.25) is 10.0 Å². The highest BCUT2D eigenvalue weighted by Crippen LogP contribution is 2.32. The van der Waals surface area contributed by atoms with E-state index in [-0.39, 0.29) is 0 Å². The summed E-state index contributed by atoms with van der Waals surface area (Å²) in [6.45, 7) is 2.01. The number of halogens is 2. The lowest BCUT2D eigenvalue weighted by atomic mass is 10.1. The fraction of sp³-hybridized carbons (Fsp3) is 0.0556. The highest BCUT2D eigenvalue weighted by molar-refractivity contribution is 6.35. The second-order valence-electron chi connectivity index (χ2n) is 5.58. The second-order valence-corrected chi connectivity index (χ2v) is 6.42. The number of H-pyrrole nitrogens is 1. The minimum absolute atomic E-state index is 0.545. The molecule has 0 aliphatic rings. The van der Waals surface area contributed by atoms with E-state index >= 15 is 0 Å². The van der Waals surface area contributed by atoms with Crippen molar-refractivity contribution >= 4 is 23.2 Å². The van der Waals surface area contributed by atoms with Crippen molar-refractivity contribution in [2.45, 2.75) is 6.92 Å². The fourth-order valence-corrected chi connectivity index (χ4v) is 3.20. The zero-order chi connectivity index (χ0) is 17.4. The van der Waals surface area contributed by atoms with Crippen molar-refractivity contribution in [3.8, 4) is 28.5 Å². The zero-order valence-electron chi connectivity index (χ0n) is 13.2. The molecular weight excluding hydrogens is 357 g/mol. The molecule has 1 N–H and O–H groups in total. The molecule has 0 saturated carbocycles. The zero-order valence-corrected chi connectivity index (χ0v) is 14.8. The van der Waals surface area contributed by atoms with E-state index in [9.17, 15) is 0 Å². The van der Waals surface area contributed by atoms with Crippen molar-refractivity contribution in [2.24, 2.45) is 0 Å². The van der Waals surface area contributed by atoms with Gasteiger partial charge in [0.2, 0.25) is 0 Å². The van der Waals surface area contributed by atoms with Gasteiger partial charge < -0.3 is 0 Å². The largest absolute Gasteiger partial charge is 0.296 e. The third kappa shape index (κ3) is 2.92. The van der Waals surface area contributed by atoms with E-state index in [1.54, 1.807) is 24.5 Å². The molecule has 0 amide bonds. The molecular formula is C18H13Cl2N5. The molecule has 7 heteroatoms. The van der Waals surface area contributed by atoms with Gasteiger partial charge in [-0.05, 0) is 42.8 Å². The predicted octanol–water partition coefficient (Wildman–Crippen LogP) is 4.94. The number of hydrogen-bond acceptors (Lipinski definition) is 3. The molecule has 5 nitrogen and oxygen atoms in total. The number of pyridine rings is 1. The minimum atomic E-state index is 0.545. The lowest BCUT2D eigenvalue weighted by molar-refractivity contribution is 1.02. The number of benzene rings is 1. The van der Waals surface area contributed by atoms with Gasteiger partial charge in [-0.2, -0.15) is 5.10 Å². The molecule has 25 heavy (non-hydrogen) atoms. The first-order valence-electron chi connectivity index (χ1n) is 7.59. The van der Waals surface area contributed by atoms with Gasteiger partial charge in [-0.3, -0.25) is 14.6 Å². The molecule has 0 aliphatic heterocycles. The fourth-order valence-electron chi connectivity index (χ4n) is 2.70. The summed E-state index contributed by atoms with van der Waals surface area (Å²) < 4.78 is 1.93. The SMILES string of the molecule is Cc1cnccc1-c1cn(-c2ccc(Cl)cc2Cl)c(-c2ccn[nH]2)n1. The van der Waals surface area contributed by atoms with Crippen molar-refractivity contribution in [3.05, 3.63) is 70.7 Å². The number of aromatic amines is 1. The quantitative estimate of drug-likeness (QED) is 0.556. The van der Waals surface area contributed by atoms with Gasteiger partial charge in [0.25, 0.3) is 0 Å². The topological polar surface area (TPSA) is 59.4 Å². The van der Waals surface area contributed by atoms with Gasteiger partial charge in [-0.1, -0.05) is 23.2 Å². The van der Waals surface area contributed by atoms with E-state index in [4.69, 9.17) is 28.2 Å². The van der Waals surface area contributed by atoms with Crippen LogP contribution in [0.15, 0.2) is 55.1 Å². The van der Waals surface area contributed by atoms with Crippen LogP contribution in [-0.2, 0) is 0 Å². The first-order valence-corrected chi connectivity index (χ1v) is 8.34. The summed E-state index contributed by atoms with van der Waals surface area (Å²) in [6.07, 6.45) is 7.22. The molecule has 0 aliphatic carbocycles. The Morgan fingerprint density at radius 3 is 2.68 bits per heavy atom. The van der Waals surface area contributed by atoms with Crippen LogP contribution in [-0.4, -0.2) is 24.7 Å². The lowest BCUT2D eigenvalue weighted by Gasteiger charge is -2.08. The smallest absolute Gasteiger partial charge is 0.163 e. The van der Waals surface area contributed by atoms with Crippen LogP contribution >= 0.6 is 23.2 Å². The Hall–Kier alpha value is -2.63. The highest BCUT2D eigenvalue weighted by Gasteiger charge is 2.17. The van der Waals surface area contributed by atoms with E-state index in [0.717, 1.165) is 28.2 Å². The monoisotopic (exact) mass is 369 g/mol. The van der Waals surface area contributed by atoms with Crippen LogP contribution in [0.25, 0.3) is 28.5 Å². The van der Waals surface area contributed by atoms with Crippen LogP contribution in [0.3, 0.4) is 0 Å². The lowest BCUT2D eigenvalue weighted by Crippen LogP contribution is -1.97. The standard InChI is InChI=1S/C18H13Cl2N5/c1-11-9-21-6-4-13(11)16-10-25(17-3-2-12(19)8-14(17)20)18(23-16)15-5-7-22-24-15/h2-10H,1H3,(H,22,24). The summed E-state index contributed by atoms with van der Waals surface area (Å²) in [7, 11) is 0. The first-order chi connectivity index (χ1) is 12.1. The van der Waals surface area contributed by atoms with Gasteiger partial charge in [-0.15, -0.1) is 0 Å². The maximum absolute atomic E-state index is 6.42. The summed E-state index contributed by atoms with van der Waals surface area (Å²) >= 11 is 12.4. The normalized spacial score (nSPS) is 11.0. The van der Waals surface area contributed by atoms with Crippen LogP contribution in [0, 0.1) is 6.92 Å². The third-order valence-electron chi connectivity index (χ3n) is 3.91. The Labute approximate surface area is 154 Å². The van der Waals surface area contributed by atoms with Crippen LogP contribution in [0.5, 0.6) is 0 Å². The molecule has 124 valence electrons. The Bertz CT molecular complexity index is 1040. The van der Waals surface area contributed by atoms with Crippen molar-refractivity contribution in [2.75, 3.05) is 0 Å². The molecule has 0 radical (unpaired) electrons. The maximum atomic E-state index is 6.42. The number of nitrogens with zero attached hydrogens (tertiary/aromatic N) is 4. The molecule has 3 heterocycles. The Balaban J connectivity index is 1.95. The highest BCUT2D eigenvalue weighted by atomic mass is 35.5. The maximum Gasteiger partial charge on any atom is 0.163 e. The molecule has 1 aromatic carbocycles. The van der Waals surface area contributed by atoms with Crippen molar-refractivity contribution < 1.29 is 0 Å². The van der Waals surface area contributed by atoms with Crippen LogP contribution < -0.4 is 0 Å². The van der Waals surface area contributed by atoms with Crippen LogP contribution in [0.1, 0.15) is 5.56 Å². The average Bonchev–Trinajstić information content (AvgIpc) is 3.24. The summed E-state index contributed by atoms with van der Waals surface area (Å²) in [4.78, 5) is 8.94. The van der Waals surface area contributed by atoms with Gasteiger partial charge in [0.1, 0.15) is 5.69 Å². The number of nitrogens with one attached hydrogen (secondary N) is 1. The van der Waals surface area contributed by atoms with Gasteiger partial charge in [0.15, 0.2) is 5.82 Å². The molecule has 4 aromatic rings. The molecule has 4 rings (SSSR count). The Kier molecular flexibility index (Phi) is 4.03. The van der Waals surface area contributed by atoms with Crippen LogP contribution in [0.4, 0.5) is 0 Å². The minimum Gasteiger partial charge on any atom is -0.296 e. The first kappa shape index (κ1) is 15.9. The third-order valence-corrected chi connectivity index (χ3v) is 4.45. The average molecular weight is 370 g/mol. The summed E-state index contributed by atoms with van der Waals surface area (Å²) in [5.41, 5.74) is 4.48. The molecule has 0 spiro atoms. The molecule has 0 saturated heterocycles. The van der Waals surface area contributed by atoms with Crippen molar-refractivity contribution in [3.63, 3.8) is 0 Å². The molecule has 0 fully saturated rings. The number of rotatable bonds is 3. The van der Waals surface area contributed by atoms with Crippen molar-refractivity contribution in [1.29, 1.82) is 0 Å². The van der Waals surface area contributed by atoms with E-state index in [1.165, 1.54) is 0 Å². The van der Waals surface area contributed by atoms with Gasteiger partial charge in [-0.25, -0.2) is 4.98 Å². The number of aryl methyl sites for hydroxylation is 1. The van der Waals surface area contributed by atoms with Gasteiger partial charge in [0.05, 0.1) is 16.4 Å². The molecule has 3 aromatic heterocycles. The molecule has 0 unspecified atom stereocenters. The van der Waals surface area contributed by atoms with E-state index in [1.807, 2.05) is 42.1 Å². The molecule has 0 atom stereocenters. The van der Waals surface area contributed by atoms with Gasteiger partial charge >= 0.3 is 0 Å². The summed E-state index contributed by atoms with van der Waals surface area (Å²) in [5.74, 6) is 0.716. The van der Waals surface area contributed by atoms with Gasteiger partial charge in [0, 0.05) is 35.4 Å². The molecule has 0 bridgehead atoms. The summed E-state index contributed by atoms with van der Waals surface area (Å²) in [6, 6.07) is 9.20. The number of aromatic nitrogens is 5. The van der Waals surface area contributed by atoms with E-state index < -0.39 is 0 Å². The Morgan fingerprint density at radius 1 is 1.08 bits per heavy atom. The second kappa shape index (κ2) is 6.35.